The van der Waals surface area contributed by atoms with Crippen LogP contribution in [0.4, 0.5) is 19.0 Å². The fourth-order valence-electron chi connectivity index (χ4n) is 2.18. The average Bonchev–Trinajstić information content (AvgIpc) is 2.71. The second-order valence-corrected chi connectivity index (χ2v) is 4.61. The van der Waals surface area contributed by atoms with Crippen LogP contribution in [0.25, 0.3) is 5.52 Å². The van der Waals surface area contributed by atoms with Gasteiger partial charge in [0.15, 0.2) is 11.5 Å². The zero-order valence-corrected chi connectivity index (χ0v) is 9.93. The smallest absolute Gasteiger partial charge is 0.354 e. The molecule has 0 unspecified atom stereocenters. The molecule has 1 fully saturated rings. The summed E-state index contributed by atoms with van der Waals surface area (Å²) in [6.45, 7) is 2.01. The maximum Gasteiger partial charge on any atom is 0.435 e. The lowest BCUT2D eigenvalue weighted by atomic mass is 10.0. The van der Waals surface area contributed by atoms with Gasteiger partial charge < -0.3 is 10.6 Å². The molecule has 0 aromatic carbocycles. The first-order valence-corrected chi connectivity index (χ1v) is 5.85. The van der Waals surface area contributed by atoms with Gasteiger partial charge in [-0.1, -0.05) is 0 Å². The molecule has 2 N–H and O–H groups in total. The van der Waals surface area contributed by atoms with Crippen LogP contribution in [0.5, 0.6) is 0 Å². The molecule has 8 heteroatoms. The number of halogens is 3. The lowest BCUT2D eigenvalue weighted by Gasteiger charge is -2.39. The molecule has 3 rings (SSSR count). The quantitative estimate of drug-likeness (QED) is 0.890. The standard InChI is InChI=1S/C11H12F3N5/c12-11(13,14)9-3-8-10(16-1-2-19(8)17-9)18-5-7(4-15)6-18/h1-3,7H,4-6,15H2. The van der Waals surface area contributed by atoms with Gasteiger partial charge >= 0.3 is 6.18 Å². The third-order valence-corrected chi connectivity index (χ3v) is 3.25. The molecule has 3 heterocycles. The van der Waals surface area contributed by atoms with Gasteiger partial charge in [-0.3, -0.25) is 0 Å². The Labute approximate surface area is 106 Å². The number of alkyl halides is 3. The number of rotatable bonds is 2. The highest BCUT2D eigenvalue weighted by Crippen LogP contribution is 2.32. The summed E-state index contributed by atoms with van der Waals surface area (Å²) in [5.41, 5.74) is 5.00. The molecule has 5 nitrogen and oxygen atoms in total. The third-order valence-electron chi connectivity index (χ3n) is 3.25. The highest BCUT2D eigenvalue weighted by molar-refractivity contribution is 5.70. The molecule has 0 amide bonds. The van der Waals surface area contributed by atoms with Crippen molar-refractivity contribution in [2.24, 2.45) is 11.7 Å². The van der Waals surface area contributed by atoms with E-state index in [1.807, 2.05) is 4.90 Å². The van der Waals surface area contributed by atoms with E-state index in [2.05, 4.69) is 10.1 Å². The van der Waals surface area contributed by atoms with E-state index in [9.17, 15) is 13.2 Å². The van der Waals surface area contributed by atoms with Gasteiger partial charge in [0.2, 0.25) is 0 Å². The van der Waals surface area contributed by atoms with Crippen LogP contribution in [0.3, 0.4) is 0 Å². The number of fused-ring (bicyclic) bond motifs is 1. The molecule has 2 aromatic heterocycles. The van der Waals surface area contributed by atoms with Crippen molar-refractivity contribution in [3.05, 3.63) is 24.2 Å². The van der Waals surface area contributed by atoms with E-state index in [1.165, 1.54) is 16.9 Å². The van der Waals surface area contributed by atoms with Crippen molar-refractivity contribution in [2.75, 3.05) is 24.5 Å². The van der Waals surface area contributed by atoms with E-state index in [0.29, 0.717) is 23.8 Å². The van der Waals surface area contributed by atoms with Crippen LogP contribution in [0.1, 0.15) is 5.69 Å². The SMILES string of the molecule is NCC1CN(c2nccn3nc(C(F)(F)F)cc23)C1. The zero-order chi connectivity index (χ0) is 13.6. The van der Waals surface area contributed by atoms with Gasteiger partial charge in [-0.25, -0.2) is 9.50 Å². The van der Waals surface area contributed by atoms with Crippen molar-refractivity contribution in [3.8, 4) is 0 Å². The first-order chi connectivity index (χ1) is 8.99. The van der Waals surface area contributed by atoms with E-state index in [1.54, 1.807) is 0 Å². The molecule has 0 bridgehead atoms. The Morgan fingerprint density at radius 1 is 1.37 bits per heavy atom. The fraction of sp³-hybridized carbons (Fsp3) is 0.455. The highest BCUT2D eigenvalue weighted by atomic mass is 19.4. The Balaban J connectivity index is 1.99. The Bertz CT molecular complexity index is 600. The van der Waals surface area contributed by atoms with Crippen LogP contribution in [0, 0.1) is 5.92 Å². The van der Waals surface area contributed by atoms with E-state index < -0.39 is 11.9 Å². The Morgan fingerprint density at radius 2 is 2.11 bits per heavy atom. The fourth-order valence-corrected chi connectivity index (χ4v) is 2.18. The number of anilines is 1. The lowest BCUT2D eigenvalue weighted by molar-refractivity contribution is -0.141. The molecule has 0 aliphatic carbocycles. The van der Waals surface area contributed by atoms with Gasteiger partial charge in [0.05, 0.1) is 0 Å². The van der Waals surface area contributed by atoms with Crippen LogP contribution >= 0.6 is 0 Å². The van der Waals surface area contributed by atoms with Crippen LogP contribution in [-0.2, 0) is 6.18 Å². The minimum Gasteiger partial charge on any atom is -0.354 e. The summed E-state index contributed by atoms with van der Waals surface area (Å²) in [4.78, 5) is 6.06. The lowest BCUT2D eigenvalue weighted by Crippen LogP contribution is -2.50. The second-order valence-electron chi connectivity index (χ2n) is 4.61. The molecule has 0 radical (unpaired) electrons. The monoisotopic (exact) mass is 271 g/mol. The van der Waals surface area contributed by atoms with Gasteiger partial charge in [-0.15, -0.1) is 0 Å². The number of nitrogens with zero attached hydrogens (tertiary/aromatic N) is 4. The molecule has 2 aromatic rings. The van der Waals surface area contributed by atoms with E-state index in [0.717, 1.165) is 19.2 Å². The molecule has 1 aliphatic rings. The van der Waals surface area contributed by atoms with Crippen LogP contribution in [-0.4, -0.2) is 34.2 Å². The predicted molar refractivity (Wildman–Crippen MR) is 62.7 cm³/mol. The highest BCUT2D eigenvalue weighted by Gasteiger charge is 2.35. The van der Waals surface area contributed by atoms with E-state index >= 15 is 0 Å². The molecular weight excluding hydrogens is 259 g/mol. The first-order valence-electron chi connectivity index (χ1n) is 5.85. The number of hydrogen-bond acceptors (Lipinski definition) is 4. The normalized spacial score (nSPS) is 16.9. The van der Waals surface area contributed by atoms with Crippen LogP contribution < -0.4 is 10.6 Å². The minimum absolute atomic E-state index is 0.366. The molecule has 1 saturated heterocycles. The summed E-state index contributed by atoms with van der Waals surface area (Å²) in [5, 5.41) is 3.52. The van der Waals surface area contributed by atoms with E-state index in [4.69, 9.17) is 5.73 Å². The summed E-state index contributed by atoms with van der Waals surface area (Å²) >= 11 is 0. The van der Waals surface area contributed by atoms with Crippen molar-refractivity contribution in [1.29, 1.82) is 0 Å². The Morgan fingerprint density at radius 3 is 2.74 bits per heavy atom. The average molecular weight is 271 g/mol. The maximum atomic E-state index is 12.6. The van der Waals surface area contributed by atoms with Crippen molar-refractivity contribution < 1.29 is 13.2 Å². The number of nitrogens with two attached hydrogens (primary N) is 1. The largest absolute Gasteiger partial charge is 0.435 e. The van der Waals surface area contributed by atoms with Crippen LogP contribution in [0.15, 0.2) is 18.5 Å². The molecule has 0 saturated carbocycles. The molecular formula is C11H12F3N5. The Kier molecular flexibility index (Phi) is 2.63. The van der Waals surface area contributed by atoms with Crippen LogP contribution in [0.2, 0.25) is 0 Å². The summed E-state index contributed by atoms with van der Waals surface area (Å²) in [5.74, 6) is 0.905. The molecule has 1 aliphatic heterocycles. The topological polar surface area (TPSA) is 59.5 Å². The predicted octanol–water partition coefficient (Wildman–Crippen LogP) is 1.14. The van der Waals surface area contributed by atoms with Crippen molar-refractivity contribution >= 4 is 11.3 Å². The number of hydrogen-bond donors (Lipinski definition) is 1. The summed E-state index contributed by atoms with van der Waals surface area (Å²) < 4.78 is 39.1. The summed E-state index contributed by atoms with van der Waals surface area (Å²) in [7, 11) is 0. The molecule has 19 heavy (non-hydrogen) atoms. The van der Waals surface area contributed by atoms with Crippen molar-refractivity contribution in [3.63, 3.8) is 0 Å². The summed E-state index contributed by atoms with van der Waals surface area (Å²) in [6, 6.07) is 1.03. The minimum atomic E-state index is -4.45. The van der Waals surface area contributed by atoms with Gasteiger partial charge in [0, 0.05) is 37.5 Å². The van der Waals surface area contributed by atoms with E-state index in [-0.39, 0.29) is 0 Å². The summed E-state index contributed by atoms with van der Waals surface area (Å²) in [6.07, 6.45) is -1.59. The molecule has 102 valence electrons. The first kappa shape index (κ1) is 12.2. The van der Waals surface area contributed by atoms with Gasteiger partial charge in [0.1, 0.15) is 5.52 Å². The molecule has 0 spiro atoms. The molecule has 0 atom stereocenters. The van der Waals surface area contributed by atoms with Gasteiger partial charge in [-0.05, 0) is 6.54 Å². The zero-order valence-electron chi connectivity index (χ0n) is 9.93. The maximum absolute atomic E-state index is 12.6. The van der Waals surface area contributed by atoms with Gasteiger partial charge in [-0.2, -0.15) is 18.3 Å². The second kappa shape index (κ2) is 4.09. The Hall–Kier alpha value is -1.83. The number of aromatic nitrogens is 3. The van der Waals surface area contributed by atoms with Gasteiger partial charge in [0.25, 0.3) is 0 Å². The van der Waals surface area contributed by atoms with Crippen molar-refractivity contribution in [1.82, 2.24) is 14.6 Å². The van der Waals surface area contributed by atoms with Crippen molar-refractivity contribution in [2.45, 2.75) is 6.18 Å². The third kappa shape index (κ3) is 2.01.